The lowest BCUT2D eigenvalue weighted by Crippen LogP contribution is -2.29. The fourth-order valence-corrected chi connectivity index (χ4v) is 2.59. The molecule has 2 aromatic rings. The molecular formula is C21H24N2O5. The molecule has 2 amide bonds. The first kappa shape index (κ1) is 21.0. The Bertz CT molecular complexity index is 807. The van der Waals surface area contributed by atoms with Gasteiger partial charge in [0.05, 0.1) is 24.8 Å². The largest absolute Gasteiger partial charge is 0.492 e. The maximum Gasteiger partial charge on any atom is 0.308 e. The van der Waals surface area contributed by atoms with Crippen molar-refractivity contribution in [1.29, 1.82) is 0 Å². The van der Waals surface area contributed by atoms with Crippen LogP contribution in [0.2, 0.25) is 0 Å². The first-order valence-corrected chi connectivity index (χ1v) is 8.99. The Morgan fingerprint density at radius 1 is 1.00 bits per heavy atom. The molecular weight excluding hydrogens is 360 g/mol. The van der Waals surface area contributed by atoms with Gasteiger partial charge >= 0.3 is 5.97 Å². The van der Waals surface area contributed by atoms with Crippen LogP contribution in [0.4, 0.5) is 5.69 Å². The van der Waals surface area contributed by atoms with Gasteiger partial charge in [0.1, 0.15) is 5.75 Å². The summed E-state index contributed by atoms with van der Waals surface area (Å²) in [5, 5.41) is 5.38. The molecule has 7 heteroatoms. The van der Waals surface area contributed by atoms with Gasteiger partial charge in [0, 0.05) is 6.92 Å². The van der Waals surface area contributed by atoms with Gasteiger partial charge in [-0.1, -0.05) is 42.5 Å². The minimum absolute atomic E-state index is 0.0770. The van der Waals surface area contributed by atoms with Gasteiger partial charge in [-0.3, -0.25) is 14.4 Å². The van der Waals surface area contributed by atoms with Crippen molar-refractivity contribution in [2.75, 3.05) is 18.5 Å². The predicted octanol–water partition coefficient (Wildman–Crippen LogP) is 2.83. The summed E-state index contributed by atoms with van der Waals surface area (Å²) >= 11 is 0. The normalized spacial score (nSPS) is 11.2. The number of nitrogens with one attached hydrogen (secondary N) is 2. The van der Waals surface area contributed by atoms with Crippen molar-refractivity contribution in [3.63, 3.8) is 0 Å². The quantitative estimate of drug-likeness (QED) is 0.649. The fourth-order valence-electron chi connectivity index (χ4n) is 2.59. The molecule has 0 aliphatic carbocycles. The van der Waals surface area contributed by atoms with E-state index in [-0.39, 0.29) is 12.3 Å². The highest BCUT2D eigenvalue weighted by atomic mass is 16.5. The standard InChI is InChI=1S/C21H24N2O5/c1-3-27-19-12-8-7-11-17(19)23-20(25)14-28-21(26)13-18(22-15(2)24)16-9-5-4-6-10-16/h4-12,18H,3,13-14H2,1-2H3,(H,22,24)(H,23,25)/t18-/m1/s1. The van der Waals surface area contributed by atoms with Gasteiger partial charge in [-0.25, -0.2) is 0 Å². The van der Waals surface area contributed by atoms with Gasteiger partial charge in [0.15, 0.2) is 6.61 Å². The first-order valence-electron chi connectivity index (χ1n) is 8.99. The molecule has 28 heavy (non-hydrogen) atoms. The Hall–Kier alpha value is -3.35. The van der Waals surface area contributed by atoms with E-state index >= 15 is 0 Å². The summed E-state index contributed by atoms with van der Waals surface area (Å²) in [6.45, 7) is 3.26. The third-order valence-corrected chi connectivity index (χ3v) is 3.78. The number of para-hydroxylation sites is 2. The van der Waals surface area contributed by atoms with Crippen LogP contribution < -0.4 is 15.4 Å². The second-order valence-corrected chi connectivity index (χ2v) is 6.01. The summed E-state index contributed by atoms with van der Waals surface area (Å²) in [6, 6.07) is 15.6. The van der Waals surface area contributed by atoms with Crippen LogP contribution in [0.15, 0.2) is 54.6 Å². The molecule has 2 aromatic carbocycles. The molecule has 0 spiro atoms. The van der Waals surface area contributed by atoms with Crippen molar-refractivity contribution in [2.24, 2.45) is 0 Å². The molecule has 2 N–H and O–H groups in total. The number of ether oxygens (including phenoxy) is 2. The van der Waals surface area contributed by atoms with E-state index in [1.807, 2.05) is 37.3 Å². The molecule has 0 fully saturated rings. The molecule has 0 saturated carbocycles. The van der Waals surface area contributed by atoms with Crippen LogP contribution in [0.5, 0.6) is 5.75 Å². The van der Waals surface area contributed by atoms with E-state index in [1.165, 1.54) is 6.92 Å². The number of esters is 1. The number of carbonyl (C=O) groups is 3. The molecule has 1 atom stereocenters. The Kier molecular flexibility index (Phi) is 8.02. The zero-order valence-electron chi connectivity index (χ0n) is 15.9. The molecule has 0 radical (unpaired) electrons. The highest BCUT2D eigenvalue weighted by Crippen LogP contribution is 2.23. The van der Waals surface area contributed by atoms with Gasteiger partial charge in [0.25, 0.3) is 5.91 Å². The number of hydrogen-bond acceptors (Lipinski definition) is 5. The van der Waals surface area contributed by atoms with Crippen molar-refractivity contribution in [1.82, 2.24) is 5.32 Å². The van der Waals surface area contributed by atoms with Gasteiger partial charge in [-0.05, 0) is 24.6 Å². The third kappa shape index (κ3) is 6.75. The average Bonchev–Trinajstić information content (AvgIpc) is 2.68. The second-order valence-electron chi connectivity index (χ2n) is 6.01. The molecule has 148 valence electrons. The smallest absolute Gasteiger partial charge is 0.308 e. The van der Waals surface area contributed by atoms with Crippen molar-refractivity contribution >= 4 is 23.5 Å². The number of benzene rings is 2. The predicted molar refractivity (Wildman–Crippen MR) is 105 cm³/mol. The zero-order chi connectivity index (χ0) is 20.4. The van der Waals surface area contributed by atoms with Gasteiger partial charge in [0.2, 0.25) is 5.91 Å². The molecule has 0 aliphatic rings. The molecule has 0 unspecified atom stereocenters. The van der Waals surface area contributed by atoms with Crippen molar-refractivity contribution in [3.8, 4) is 5.75 Å². The molecule has 0 saturated heterocycles. The summed E-state index contributed by atoms with van der Waals surface area (Å²) in [4.78, 5) is 35.7. The molecule has 0 bridgehead atoms. The van der Waals surface area contributed by atoms with E-state index in [0.29, 0.717) is 18.0 Å². The van der Waals surface area contributed by atoms with E-state index in [9.17, 15) is 14.4 Å². The summed E-state index contributed by atoms with van der Waals surface area (Å²) in [5.74, 6) is -0.779. The number of carbonyl (C=O) groups excluding carboxylic acids is 3. The van der Waals surface area contributed by atoms with Gasteiger partial charge in [-0.15, -0.1) is 0 Å². The zero-order valence-corrected chi connectivity index (χ0v) is 15.9. The number of hydrogen-bond donors (Lipinski definition) is 2. The van der Waals surface area contributed by atoms with Crippen LogP contribution in [0.25, 0.3) is 0 Å². The summed E-state index contributed by atoms with van der Waals surface area (Å²) in [5.41, 5.74) is 1.29. The van der Waals surface area contributed by atoms with Crippen LogP contribution in [0, 0.1) is 0 Å². The Labute approximate surface area is 164 Å². The molecule has 7 nitrogen and oxygen atoms in total. The molecule has 2 rings (SSSR count). The summed E-state index contributed by atoms with van der Waals surface area (Å²) in [7, 11) is 0. The average molecular weight is 384 g/mol. The van der Waals surface area contributed by atoms with E-state index in [0.717, 1.165) is 5.56 Å². The van der Waals surface area contributed by atoms with Gasteiger partial charge < -0.3 is 20.1 Å². The maximum atomic E-state index is 12.2. The highest BCUT2D eigenvalue weighted by Gasteiger charge is 2.19. The van der Waals surface area contributed by atoms with Crippen LogP contribution in [0.1, 0.15) is 31.9 Å². The van der Waals surface area contributed by atoms with Crippen molar-refractivity contribution in [2.45, 2.75) is 26.3 Å². The minimum Gasteiger partial charge on any atom is -0.492 e. The lowest BCUT2D eigenvalue weighted by Gasteiger charge is -2.17. The number of amides is 2. The Morgan fingerprint density at radius 3 is 2.36 bits per heavy atom. The van der Waals surface area contributed by atoms with Crippen LogP contribution >= 0.6 is 0 Å². The monoisotopic (exact) mass is 384 g/mol. The fraction of sp³-hybridized carbons (Fsp3) is 0.286. The van der Waals surface area contributed by atoms with Crippen LogP contribution in [-0.2, 0) is 19.1 Å². The first-order chi connectivity index (χ1) is 13.5. The topological polar surface area (TPSA) is 93.7 Å². The minimum atomic E-state index is -0.587. The maximum absolute atomic E-state index is 12.2. The molecule has 0 heterocycles. The van der Waals surface area contributed by atoms with Crippen molar-refractivity contribution in [3.05, 3.63) is 60.2 Å². The number of anilines is 1. The second kappa shape index (κ2) is 10.7. The molecule has 0 aliphatic heterocycles. The van der Waals surface area contributed by atoms with E-state index in [1.54, 1.807) is 24.3 Å². The lowest BCUT2D eigenvalue weighted by atomic mass is 10.0. The van der Waals surface area contributed by atoms with Crippen LogP contribution in [0.3, 0.4) is 0 Å². The lowest BCUT2D eigenvalue weighted by molar-refractivity contribution is -0.148. The summed E-state index contributed by atoms with van der Waals surface area (Å²) in [6.07, 6.45) is -0.0770. The third-order valence-electron chi connectivity index (χ3n) is 3.78. The summed E-state index contributed by atoms with van der Waals surface area (Å²) < 4.78 is 10.5. The number of rotatable bonds is 9. The van der Waals surface area contributed by atoms with Gasteiger partial charge in [-0.2, -0.15) is 0 Å². The van der Waals surface area contributed by atoms with Crippen molar-refractivity contribution < 1.29 is 23.9 Å². The molecule has 0 aromatic heterocycles. The Balaban J connectivity index is 1.90. The van der Waals surface area contributed by atoms with Crippen LogP contribution in [-0.4, -0.2) is 31.0 Å². The van der Waals surface area contributed by atoms with E-state index in [4.69, 9.17) is 9.47 Å². The highest BCUT2D eigenvalue weighted by molar-refractivity contribution is 5.94. The Morgan fingerprint density at radius 2 is 1.68 bits per heavy atom. The van der Waals surface area contributed by atoms with E-state index in [2.05, 4.69) is 10.6 Å². The van der Waals surface area contributed by atoms with E-state index < -0.39 is 24.5 Å². The SMILES string of the molecule is CCOc1ccccc1NC(=O)COC(=O)C[C@@H](NC(C)=O)c1ccccc1.